The third-order valence-corrected chi connectivity index (χ3v) is 6.76. The van der Waals surface area contributed by atoms with Gasteiger partial charge in [-0.1, -0.05) is 0 Å². The molecule has 1 aliphatic rings. The molecule has 192 valence electrons. The molecular weight excluding hydrogens is 462 g/mol. The topological polar surface area (TPSA) is 88.4 Å². The van der Waals surface area contributed by atoms with Gasteiger partial charge in [-0.25, -0.2) is 4.79 Å². The zero-order chi connectivity index (χ0) is 26.3. The second-order valence-corrected chi connectivity index (χ2v) is 8.98. The van der Waals surface area contributed by atoms with Gasteiger partial charge in [-0.3, -0.25) is 0 Å². The van der Waals surface area contributed by atoms with Gasteiger partial charge in [-0.05, 0) is 75.9 Å². The van der Waals surface area contributed by atoms with Gasteiger partial charge in [-0.2, -0.15) is 0 Å². The standard InChI is InChI=1S/C28H33NO7/c1-9-35-28(31)36-27-22(18-10-14(2)24(30)15(3)11-18)17(5)29-16(4)12-20-19(23(27)29)13-21(32-6)26(34-8)25(20)33-7/h10-11,13,16,30H,9,12H2,1-8H3. The van der Waals surface area contributed by atoms with Crippen molar-refractivity contribution in [1.82, 2.24) is 4.57 Å². The summed E-state index contributed by atoms with van der Waals surface area (Å²) in [7, 11) is 4.75. The molecule has 0 fully saturated rings. The summed E-state index contributed by atoms with van der Waals surface area (Å²) in [4.78, 5) is 12.7. The van der Waals surface area contributed by atoms with Crippen molar-refractivity contribution in [2.75, 3.05) is 27.9 Å². The lowest BCUT2D eigenvalue weighted by atomic mass is 9.92. The van der Waals surface area contributed by atoms with Gasteiger partial charge in [-0.15, -0.1) is 0 Å². The lowest BCUT2D eigenvalue weighted by Gasteiger charge is -2.30. The first-order valence-corrected chi connectivity index (χ1v) is 11.9. The molecule has 8 heteroatoms. The lowest BCUT2D eigenvalue weighted by Crippen LogP contribution is -2.19. The van der Waals surface area contributed by atoms with E-state index in [-0.39, 0.29) is 18.4 Å². The van der Waals surface area contributed by atoms with Crippen molar-refractivity contribution in [2.24, 2.45) is 0 Å². The average molecular weight is 496 g/mol. The molecule has 0 aliphatic carbocycles. The zero-order valence-electron chi connectivity index (χ0n) is 22.1. The molecule has 8 nitrogen and oxygen atoms in total. The van der Waals surface area contributed by atoms with E-state index in [1.165, 1.54) is 0 Å². The van der Waals surface area contributed by atoms with Crippen LogP contribution in [0.25, 0.3) is 22.4 Å². The van der Waals surface area contributed by atoms with E-state index in [1.54, 1.807) is 28.3 Å². The Kier molecular flexibility index (Phi) is 6.80. The Balaban J connectivity index is 2.11. The Labute approximate surface area is 211 Å². The number of methoxy groups -OCH3 is 3. The minimum absolute atomic E-state index is 0.0251. The number of nitrogens with zero attached hydrogens (tertiary/aromatic N) is 1. The number of benzene rings is 2. The number of hydrogen-bond acceptors (Lipinski definition) is 7. The Bertz CT molecular complexity index is 1320. The number of aryl methyl sites for hydroxylation is 2. The summed E-state index contributed by atoms with van der Waals surface area (Å²) in [5.74, 6) is 2.24. The molecule has 0 radical (unpaired) electrons. The fourth-order valence-electron chi connectivity index (χ4n) is 5.27. The van der Waals surface area contributed by atoms with Gasteiger partial charge in [0.15, 0.2) is 17.2 Å². The van der Waals surface area contributed by atoms with Crippen molar-refractivity contribution >= 4 is 6.16 Å². The second kappa shape index (κ2) is 9.68. The highest BCUT2D eigenvalue weighted by molar-refractivity contribution is 5.90. The summed E-state index contributed by atoms with van der Waals surface area (Å²) in [6, 6.07) is 5.71. The quantitative estimate of drug-likeness (QED) is 0.412. The molecule has 0 spiro atoms. The van der Waals surface area contributed by atoms with E-state index in [1.807, 2.05) is 39.0 Å². The molecule has 0 amide bonds. The third kappa shape index (κ3) is 3.90. The third-order valence-electron chi connectivity index (χ3n) is 6.76. The number of hydrogen-bond donors (Lipinski definition) is 1. The predicted octanol–water partition coefficient (Wildman–Crippen LogP) is 6.13. The number of aromatic hydroxyl groups is 1. The largest absolute Gasteiger partial charge is 0.513 e. The average Bonchev–Trinajstić information content (AvgIpc) is 3.13. The Hall–Kier alpha value is -3.81. The molecule has 0 saturated carbocycles. The van der Waals surface area contributed by atoms with Crippen LogP contribution >= 0.6 is 0 Å². The number of ether oxygens (including phenoxy) is 5. The van der Waals surface area contributed by atoms with Crippen LogP contribution in [0.2, 0.25) is 0 Å². The fourth-order valence-corrected chi connectivity index (χ4v) is 5.27. The van der Waals surface area contributed by atoms with Crippen molar-refractivity contribution < 1.29 is 33.6 Å². The number of phenolic OH excluding ortho intramolecular Hbond substituents is 1. The summed E-state index contributed by atoms with van der Waals surface area (Å²) in [6.45, 7) is 9.74. The van der Waals surface area contributed by atoms with Crippen LogP contribution in [0.4, 0.5) is 4.79 Å². The van der Waals surface area contributed by atoms with Crippen LogP contribution in [0, 0.1) is 20.8 Å². The zero-order valence-corrected chi connectivity index (χ0v) is 22.1. The minimum Gasteiger partial charge on any atom is -0.507 e. The maximum absolute atomic E-state index is 12.7. The van der Waals surface area contributed by atoms with Crippen LogP contribution in [-0.2, 0) is 11.2 Å². The van der Waals surface area contributed by atoms with Gasteiger partial charge >= 0.3 is 6.16 Å². The van der Waals surface area contributed by atoms with Crippen LogP contribution in [0.15, 0.2) is 18.2 Å². The number of phenols is 1. The Morgan fingerprint density at radius 3 is 2.19 bits per heavy atom. The van der Waals surface area contributed by atoms with Gasteiger partial charge in [0, 0.05) is 28.4 Å². The molecule has 2 heterocycles. The summed E-state index contributed by atoms with van der Waals surface area (Å²) >= 11 is 0. The first-order chi connectivity index (χ1) is 17.2. The van der Waals surface area contributed by atoms with Crippen LogP contribution in [-0.4, -0.2) is 43.8 Å². The SMILES string of the molecule is CCOC(=O)Oc1c(-c2cc(C)c(O)c(C)c2)c(C)n2c1-c1cc(OC)c(OC)c(OC)c1CC2C. The van der Waals surface area contributed by atoms with Crippen LogP contribution in [0.5, 0.6) is 28.7 Å². The summed E-state index contributed by atoms with van der Waals surface area (Å²) < 4.78 is 30.3. The number of carbonyl (C=O) groups is 1. The van der Waals surface area contributed by atoms with Crippen molar-refractivity contribution in [3.8, 4) is 51.1 Å². The molecule has 0 saturated heterocycles. The summed E-state index contributed by atoms with van der Waals surface area (Å²) in [5, 5.41) is 10.4. The first kappa shape index (κ1) is 25.3. The first-order valence-electron chi connectivity index (χ1n) is 11.9. The maximum atomic E-state index is 12.7. The van der Waals surface area contributed by atoms with E-state index >= 15 is 0 Å². The smallest absolute Gasteiger partial charge is 0.507 e. The summed E-state index contributed by atoms with van der Waals surface area (Å²) in [5.41, 5.74) is 6.48. The van der Waals surface area contributed by atoms with Gasteiger partial charge in [0.05, 0.1) is 33.6 Å². The molecule has 2 aromatic carbocycles. The minimum atomic E-state index is -0.786. The predicted molar refractivity (Wildman–Crippen MR) is 137 cm³/mol. The van der Waals surface area contributed by atoms with Crippen LogP contribution in [0.3, 0.4) is 0 Å². The van der Waals surface area contributed by atoms with Crippen molar-refractivity contribution in [3.63, 3.8) is 0 Å². The molecule has 1 N–H and O–H groups in total. The lowest BCUT2D eigenvalue weighted by molar-refractivity contribution is 0.104. The molecule has 0 bridgehead atoms. The second-order valence-electron chi connectivity index (χ2n) is 8.98. The number of carbonyl (C=O) groups excluding carboxylic acids is 1. The number of fused-ring (bicyclic) bond motifs is 3. The van der Waals surface area contributed by atoms with Crippen molar-refractivity contribution in [3.05, 3.63) is 40.6 Å². The van der Waals surface area contributed by atoms with E-state index in [2.05, 4.69) is 11.5 Å². The van der Waals surface area contributed by atoms with Crippen molar-refractivity contribution in [1.29, 1.82) is 0 Å². The van der Waals surface area contributed by atoms with Gasteiger partial charge in [0.2, 0.25) is 5.75 Å². The van der Waals surface area contributed by atoms with Crippen LogP contribution in [0.1, 0.15) is 42.3 Å². The molecule has 4 rings (SSSR count). The summed E-state index contributed by atoms with van der Waals surface area (Å²) in [6.07, 6.45) is -0.112. The van der Waals surface area contributed by atoms with Crippen LogP contribution < -0.4 is 18.9 Å². The van der Waals surface area contributed by atoms with E-state index < -0.39 is 6.16 Å². The molecule has 1 aliphatic heterocycles. The highest BCUT2D eigenvalue weighted by Gasteiger charge is 2.36. The normalized spacial score (nSPS) is 14.1. The fraction of sp³-hybridized carbons (Fsp3) is 0.393. The molecular formula is C28H33NO7. The molecule has 1 unspecified atom stereocenters. The van der Waals surface area contributed by atoms with Gasteiger partial charge in [0.1, 0.15) is 5.75 Å². The highest BCUT2D eigenvalue weighted by atomic mass is 16.7. The number of rotatable bonds is 6. The molecule has 1 atom stereocenters. The van der Waals surface area contributed by atoms with Gasteiger partial charge in [0.25, 0.3) is 0 Å². The monoisotopic (exact) mass is 495 g/mol. The van der Waals surface area contributed by atoms with E-state index in [4.69, 9.17) is 23.7 Å². The number of aromatic nitrogens is 1. The molecule has 3 aromatic rings. The van der Waals surface area contributed by atoms with Gasteiger partial charge < -0.3 is 33.4 Å². The van der Waals surface area contributed by atoms with E-state index in [9.17, 15) is 9.90 Å². The molecule has 36 heavy (non-hydrogen) atoms. The maximum Gasteiger partial charge on any atom is 0.513 e. The van der Waals surface area contributed by atoms with E-state index in [0.717, 1.165) is 44.8 Å². The van der Waals surface area contributed by atoms with Crippen molar-refractivity contribution in [2.45, 2.75) is 47.1 Å². The Morgan fingerprint density at radius 2 is 1.64 bits per heavy atom. The molecule has 1 aromatic heterocycles. The highest BCUT2D eigenvalue weighted by Crippen LogP contribution is 2.55. The van der Waals surface area contributed by atoms with E-state index in [0.29, 0.717) is 29.4 Å². The Morgan fingerprint density at radius 1 is 1.00 bits per heavy atom.